The highest BCUT2D eigenvalue weighted by Gasteiger charge is 2.12. The predicted octanol–water partition coefficient (Wildman–Crippen LogP) is 5.09. The fraction of sp³-hybridized carbons (Fsp3) is 0.571. The largest absolute Gasteiger partial charge is 0.366 e. The van der Waals surface area contributed by atoms with E-state index < -0.39 is 5.91 Å². The molecule has 4 nitrogen and oxygen atoms in total. The second kappa shape index (κ2) is 12.4. The Balaban J connectivity index is 2.37. The Kier molecular flexibility index (Phi) is 10.5. The molecule has 0 saturated heterocycles. The summed E-state index contributed by atoms with van der Waals surface area (Å²) in [6.45, 7) is 5.54. The second-order valence-electron chi connectivity index (χ2n) is 6.63. The number of benzene rings is 1. The molecule has 1 rings (SSSR count). The van der Waals surface area contributed by atoms with Gasteiger partial charge in [0, 0.05) is 11.1 Å². The van der Waals surface area contributed by atoms with Crippen molar-refractivity contribution in [2.45, 2.75) is 77.6 Å². The Labute approximate surface area is 151 Å². The van der Waals surface area contributed by atoms with Crippen molar-refractivity contribution in [1.29, 1.82) is 0 Å². The number of unbranched alkanes of at least 4 members (excludes halogenated alkanes) is 9. The molecule has 1 aromatic rings. The average molecular weight is 344 g/mol. The molecule has 2 amide bonds. The molecule has 138 valence electrons. The van der Waals surface area contributed by atoms with Crippen molar-refractivity contribution in [2.75, 3.05) is 0 Å². The van der Waals surface area contributed by atoms with E-state index in [1.807, 2.05) is 0 Å². The third-order valence-corrected chi connectivity index (χ3v) is 4.56. The standard InChI is InChI=1S/C21H32N2O2/c1-3-4-5-6-7-8-9-10-11-12-13-17-16-18(20(22)24)14-15-19(17)21(25)23-2/h14-16H,2-13H2,1H3,(H2,22,24). The molecule has 0 heterocycles. The van der Waals surface area contributed by atoms with Gasteiger partial charge in [0.1, 0.15) is 0 Å². The van der Waals surface area contributed by atoms with Gasteiger partial charge < -0.3 is 5.73 Å². The van der Waals surface area contributed by atoms with E-state index in [1.54, 1.807) is 18.2 Å². The summed E-state index contributed by atoms with van der Waals surface area (Å²) in [5, 5.41) is 0. The molecule has 0 atom stereocenters. The molecular formula is C21H32N2O2. The van der Waals surface area contributed by atoms with Crippen molar-refractivity contribution in [1.82, 2.24) is 0 Å². The molecule has 0 spiro atoms. The molecule has 1 aromatic carbocycles. The number of rotatable bonds is 13. The summed E-state index contributed by atoms with van der Waals surface area (Å²) in [6, 6.07) is 4.92. The Morgan fingerprint density at radius 1 is 0.960 bits per heavy atom. The molecule has 0 unspecified atom stereocenters. The van der Waals surface area contributed by atoms with Gasteiger partial charge >= 0.3 is 0 Å². The predicted molar refractivity (Wildman–Crippen MR) is 104 cm³/mol. The lowest BCUT2D eigenvalue weighted by Crippen LogP contribution is -2.12. The van der Waals surface area contributed by atoms with Crippen molar-refractivity contribution < 1.29 is 9.59 Å². The Bertz CT molecular complexity index is 567. The molecule has 4 heteroatoms. The first-order chi connectivity index (χ1) is 12.1. The van der Waals surface area contributed by atoms with E-state index in [2.05, 4.69) is 18.6 Å². The van der Waals surface area contributed by atoms with Crippen LogP contribution in [0.5, 0.6) is 0 Å². The zero-order valence-corrected chi connectivity index (χ0v) is 15.6. The van der Waals surface area contributed by atoms with Gasteiger partial charge in [0.2, 0.25) is 5.91 Å². The van der Waals surface area contributed by atoms with Crippen molar-refractivity contribution in [3.05, 3.63) is 34.9 Å². The number of nitrogens with two attached hydrogens (primary N) is 1. The van der Waals surface area contributed by atoms with Crippen LogP contribution in [0.4, 0.5) is 0 Å². The molecule has 0 bridgehead atoms. The first-order valence-electron chi connectivity index (χ1n) is 9.54. The van der Waals surface area contributed by atoms with E-state index in [4.69, 9.17) is 5.73 Å². The summed E-state index contributed by atoms with van der Waals surface area (Å²) in [5.41, 5.74) is 7.13. The molecular weight excluding hydrogens is 312 g/mol. The van der Waals surface area contributed by atoms with Gasteiger partial charge in [-0.2, -0.15) is 0 Å². The van der Waals surface area contributed by atoms with Crippen LogP contribution in [0.2, 0.25) is 0 Å². The monoisotopic (exact) mass is 344 g/mol. The van der Waals surface area contributed by atoms with Crippen LogP contribution in [-0.2, 0) is 6.42 Å². The number of carbonyl (C=O) groups excluding carboxylic acids is 2. The zero-order chi connectivity index (χ0) is 18.5. The lowest BCUT2D eigenvalue weighted by Gasteiger charge is -2.08. The SMILES string of the molecule is C=NC(=O)c1ccc(C(N)=O)cc1CCCCCCCCCCCC. The first-order valence-corrected chi connectivity index (χ1v) is 9.54. The molecule has 0 aliphatic heterocycles. The summed E-state index contributed by atoms with van der Waals surface area (Å²) >= 11 is 0. The van der Waals surface area contributed by atoms with Crippen LogP contribution < -0.4 is 5.73 Å². The van der Waals surface area contributed by atoms with E-state index in [0.29, 0.717) is 11.1 Å². The third kappa shape index (κ3) is 8.10. The summed E-state index contributed by atoms with van der Waals surface area (Å²) in [4.78, 5) is 26.7. The normalized spacial score (nSPS) is 10.6. The highest BCUT2D eigenvalue weighted by Crippen LogP contribution is 2.18. The smallest absolute Gasteiger partial charge is 0.276 e. The minimum atomic E-state index is -0.477. The Hall–Kier alpha value is -1.97. The number of hydrogen-bond acceptors (Lipinski definition) is 2. The summed E-state index contributed by atoms with van der Waals surface area (Å²) < 4.78 is 0. The summed E-state index contributed by atoms with van der Waals surface area (Å²) in [6.07, 6.45) is 13.4. The fourth-order valence-electron chi connectivity index (χ4n) is 3.05. The van der Waals surface area contributed by atoms with Gasteiger partial charge in [-0.15, -0.1) is 0 Å². The van der Waals surface area contributed by atoms with Crippen molar-refractivity contribution in [3.63, 3.8) is 0 Å². The number of carbonyl (C=O) groups is 2. The minimum absolute atomic E-state index is 0.349. The first kappa shape index (κ1) is 21.1. The van der Waals surface area contributed by atoms with Crippen LogP contribution in [0.3, 0.4) is 0 Å². The van der Waals surface area contributed by atoms with Gasteiger partial charge in [-0.05, 0) is 43.3 Å². The maximum Gasteiger partial charge on any atom is 0.276 e. The van der Waals surface area contributed by atoms with Crippen molar-refractivity contribution in [2.24, 2.45) is 10.7 Å². The quantitative estimate of drug-likeness (QED) is 0.400. The van der Waals surface area contributed by atoms with Crippen LogP contribution >= 0.6 is 0 Å². The van der Waals surface area contributed by atoms with E-state index >= 15 is 0 Å². The number of amides is 2. The van der Waals surface area contributed by atoms with Gasteiger partial charge in [-0.25, -0.2) is 4.99 Å². The number of primary amides is 1. The van der Waals surface area contributed by atoms with E-state index in [0.717, 1.165) is 24.8 Å². The van der Waals surface area contributed by atoms with Gasteiger partial charge in [-0.3, -0.25) is 9.59 Å². The molecule has 0 aliphatic carbocycles. The third-order valence-electron chi connectivity index (χ3n) is 4.56. The molecule has 0 aliphatic rings. The van der Waals surface area contributed by atoms with E-state index in [1.165, 1.54) is 51.4 Å². The van der Waals surface area contributed by atoms with Crippen LogP contribution in [-0.4, -0.2) is 18.5 Å². The van der Waals surface area contributed by atoms with Gasteiger partial charge in [0.05, 0.1) is 0 Å². The molecule has 0 radical (unpaired) electrons. The van der Waals surface area contributed by atoms with Gasteiger partial charge in [0.15, 0.2) is 0 Å². The highest BCUT2D eigenvalue weighted by molar-refractivity contribution is 6.00. The summed E-state index contributed by atoms with van der Waals surface area (Å²) in [7, 11) is 0. The molecule has 0 aromatic heterocycles. The highest BCUT2D eigenvalue weighted by atomic mass is 16.1. The van der Waals surface area contributed by atoms with E-state index in [-0.39, 0.29) is 5.91 Å². The minimum Gasteiger partial charge on any atom is -0.366 e. The maximum atomic E-state index is 11.9. The van der Waals surface area contributed by atoms with Crippen LogP contribution in [0, 0.1) is 0 Å². The van der Waals surface area contributed by atoms with Crippen molar-refractivity contribution >= 4 is 18.5 Å². The van der Waals surface area contributed by atoms with E-state index in [9.17, 15) is 9.59 Å². The van der Waals surface area contributed by atoms with Crippen LogP contribution in [0.1, 0.15) is 97.4 Å². The molecule has 2 N–H and O–H groups in total. The lowest BCUT2D eigenvalue weighted by atomic mass is 9.97. The maximum absolute atomic E-state index is 11.9. The fourth-order valence-corrected chi connectivity index (χ4v) is 3.05. The lowest BCUT2D eigenvalue weighted by molar-refractivity contribution is 0.0989. The molecule has 0 saturated carbocycles. The number of nitrogens with zero attached hydrogens (tertiary/aromatic N) is 1. The number of aryl methyl sites for hydroxylation is 1. The molecule has 25 heavy (non-hydrogen) atoms. The Morgan fingerprint density at radius 3 is 2.04 bits per heavy atom. The van der Waals surface area contributed by atoms with Gasteiger partial charge in [0.25, 0.3) is 5.91 Å². The Morgan fingerprint density at radius 2 is 1.52 bits per heavy atom. The summed E-state index contributed by atoms with van der Waals surface area (Å²) in [5.74, 6) is -0.826. The average Bonchev–Trinajstić information content (AvgIpc) is 2.62. The van der Waals surface area contributed by atoms with Crippen LogP contribution in [0.25, 0.3) is 0 Å². The zero-order valence-electron chi connectivity index (χ0n) is 15.6. The van der Waals surface area contributed by atoms with Crippen molar-refractivity contribution in [3.8, 4) is 0 Å². The van der Waals surface area contributed by atoms with Crippen LogP contribution in [0.15, 0.2) is 23.2 Å². The topological polar surface area (TPSA) is 72.5 Å². The molecule has 0 fully saturated rings. The second-order valence-corrected chi connectivity index (χ2v) is 6.63. The number of hydrogen-bond donors (Lipinski definition) is 1. The number of aliphatic imine (C=N–C) groups is 1. The van der Waals surface area contributed by atoms with Gasteiger partial charge in [-0.1, -0.05) is 64.7 Å².